The molecule has 1 aliphatic heterocycles. The number of nitrogens with zero attached hydrogens (tertiary/aromatic N) is 1. The molecule has 2 rings (SSSR count). The van der Waals surface area contributed by atoms with Gasteiger partial charge in [-0.15, -0.1) is 0 Å². The summed E-state index contributed by atoms with van der Waals surface area (Å²) in [6, 6.07) is 5.83. The lowest BCUT2D eigenvalue weighted by atomic mass is 9.81. The van der Waals surface area contributed by atoms with Gasteiger partial charge in [-0.2, -0.15) is 0 Å². The molecule has 5 heteroatoms. The van der Waals surface area contributed by atoms with Gasteiger partial charge in [-0.05, 0) is 56.4 Å². The van der Waals surface area contributed by atoms with E-state index >= 15 is 0 Å². The first-order valence-electron chi connectivity index (χ1n) is 8.75. The molecule has 1 heterocycles. The number of piperidine rings is 1. The lowest BCUT2D eigenvalue weighted by molar-refractivity contribution is -0.123. The molecule has 132 valence electrons. The van der Waals surface area contributed by atoms with Gasteiger partial charge >= 0.3 is 0 Å². The average Bonchev–Trinajstić information content (AvgIpc) is 2.54. The Morgan fingerprint density at radius 3 is 2.50 bits per heavy atom. The molecule has 1 saturated heterocycles. The Hall–Kier alpha value is -1.91. The van der Waals surface area contributed by atoms with Gasteiger partial charge in [0.1, 0.15) is 5.82 Å². The topological polar surface area (TPSA) is 49.4 Å². The van der Waals surface area contributed by atoms with Crippen LogP contribution in [0.5, 0.6) is 0 Å². The zero-order valence-corrected chi connectivity index (χ0v) is 14.7. The van der Waals surface area contributed by atoms with E-state index in [0.717, 1.165) is 12.8 Å². The molecule has 2 amide bonds. The molecule has 0 unspecified atom stereocenters. The summed E-state index contributed by atoms with van der Waals surface area (Å²) in [5, 5.41) is 2.94. The maximum Gasteiger partial charge on any atom is 0.253 e. The number of benzene rings is 1. The zero-order chi connectivity index (χ0) is 17.7. The molecule has 1 aliphatic rings. The molecular formula is C19H27FN2O2. The van der Waals surface area contributed by atoms with Crippen molar-refractivity contribution < 1.29 is 14.0 Å². The van der Waals surface area contributed by atoms with Crippen molar-refractivity contribution in [2.24, 2.45) is 11.8 Å². The van der Waals surface area contributed by atoms with Crippen LogP contribution in [0, 0.1) is 17.7 Å². The minimum absolute atomic E-state index is 0.0569. The quantitative estimate of drug-likeness (QED) is 0.899. The lowest BCUT2D eigenvalue weighted by Gasteiger charge is -2.38. The second-order valence-corrected chi connectivity index (χ2v) is 6.90. The summed E-state index contributed by atoms with van der Waals surface area (Å²) in [5.74, 6) is 0.324. The lowest BCUT2D eigenvalue weighted by Crippen LogP contribution is -2.45. The molecule has 1 N–H and O–H groups in total. The Kier molecular flexibility index (Phi) is 6.35. The predicted octanol–water partition coefficient (Wildman–Crippen LogP) is 3.23. The zero-order valence-electron chi connectivity index (χ0n) is 14.7. The number of hydrogen-bond donors (Lipinski definition) is 1. The van der Waals surface area contributed by atoms with Crippen LogP contribution in [0.3, 0.4) is 0 Å². The monoisotopic (exact) mass is 334 g/mol. The minimum atomic E-state index is -0.340. The molecule has 4 nitrogen and oxygen atoms in total. The maximum atomic E-state index is 13.0. The van der Waals surface area contributed by atoms with Crippen LogP contribution in [-0.2, 0) is 4.79 Å². The van der Waals surface area contributed by atoms with Crippen LogP contribution in [0.25, 0.3) is 0 Å². The van der Waals surface area contributed by atoms with Crippen molar-refractivity contribution in [1.29, 1.82) is 0 Å². The largest absolute Gasteiger partial charge is 0.354 e. The van der Waals surface area contributed by atoms with Crippen molar-refractivity contribution in [3.8, 4) is 0 Å². The number of nitrogens with one attached hydrogen (secondary N) is 1. The third-order valence-electron chi connectivity index (χ3n) is 4.69. The van der Waals surface area contributed by atoms with Crippen LogP contribution >= 0.6 is 0 Å². The summed E-state index contributed by atoms with van der Waals surface area (Å²) < 4.78 is 13.0. The van der Waals surface area contributed by atoms with Gasteiger partial charge in [0, 0.05) is 31.1 Å². The fourth-order valence-electron chi connectivity index (χ4n) is 3.39. The van der Waals surface area contributed by atoms with Crippen molar-refractivity contribution in [3.63, 3.8) is 0 Å². The van der Waals surface area contributed by atoms with Crippen molar-refractivity contribution in [1.82, 2.24) is 10.2 Å². The maximum absolute atomic E-state index is 13.0. The Labute approximate surface area is 143 Å². The van der Waals surface area contributed by atoms with Crippen LogP contribution in [-0.4, -0.2) is 35.8 Å². The third-order valence-corrected chi connectivity index (χ3v) is 4.69. The highest BCUT2D eigenvalue weighted by Gasteiger charge is 2.32. The number of amides is 2. The number of hydrogen-bond acceptors (Lipinski definition) is 2. The smallest absolute Gasteiger partial charge is 0.253 e. The second-order valence-electron chi connectivity index (χ2n) is 6.90. The number of likely N-dealkylation sites (tertiary alicyclic amines) is 1. The van der Waals surface area contributed by atoms with E-state index in [4.69, 9.17) is 0 Å². The van der Waals surface area contributed by atoms with Crippen molar-refractivity contribution in [2.45, 2.75) is 46.1 Å². The molecule has 0 aliphatic carbocycles. The van der Waals surface area contributed by atoms with E-state index < -0.39 is 0 Å². The van der Waals surface area contributed by atoms with E-state index in [1.54, 1.807) is 0 Å². The van der Waals surface area contributed by atoms with E-state index in [1.807, 2.05) is 18.7 Å². The number of carbonyl (C=O) groups is 2. The Morgan fingerprint density at radius 1 is 1.25 bits per heavy atom. The molecule has 2 atom stereocenters. The predicted molar refractivity (Wildman–Crippen MR) is 92.1 cm³/mol. The first-order valence-corrected chi connectivity index (χ1v) is 8.75. The van der Waals surface area contributed by atoms with E-state index in [2.05, 4.69) is 12.2 Å². The normalized spacial score (nSPS) is 21.0. The van der Waals surface area contributed by atoms with E-state index in [-0.39, 0.29) is 23.7 Å². The molecule has 0 radical (unpaired) electrons. The van der Waals surface area contributed by atoms with Crippen LogP contribution in [0.15, 0.2) is 24.3 Å². The number of rotatable bonds is 5. The van der Waals surface area contributed by atoms with Crippen molar-refractivity contribution in [2.75, 3.05) is 13.1 Å². The highest BCUT2D eigenvalue weighted by atomic mass is 19.1. The van der Waals surface area contributed by atoms with Crippen molar-refractivity contribution in [3.05, 3.63) is 35.6 Å². The van der Waals surface area contributed by atoms with Gasteiger partial charge in [-0.3, -0.25) is 9.59 Å². The Balaban J connectivity index is 1.97. The van der Waals surface area contributed by atoms with Gasteiger partial charge in [0.2, 0.25) is 5.91 Å². The summed E-state index contributed by atoms with van der Waals surface area (Å²) in [6.07, 6.45) is 2.29. The summed E-state index contributed by atoms with van der Waals surface area (Å²) in [4.78, 5) is 26.4. The molecule has 1 fully saturated rings. The van der Waals surface area contributed by atoms with Gasteiger partial charge in [0.15, 0.2) is 0 Å². The fraction of sp³-hybridized carbons (Fsp3) is 0.579. The second kappa shape index (κ2) is 8.27. The third kappa shape index (κ3) is 4.79. The molecule has 0 spiro atoms. The number of carbonyl (C=O) groups excluding carboxylic acids is 2. The summed E-state index contributed by atoms with van der Waals surface area (Å²) >= 11 is 0. The van der Waals surface area contributed by atoms with Gasteiger partial charge in [0.25, 0.3) is 5.91 Å². The van der Waals surface area contributed by atoms with Crippen LogP contribution in [0.1, 0.15) is 50.4 Å². The molecule has 0 saturated carbocycles. The molecule has 0 bridgehead atoms. The van der Waals surface area contributed by atoms with Gasteiger partial charge in [-0.25, -0.2) is 4.39 Å². The SMILES string of the molecule is CC[C@@H]1CN(C(=O)c2ccc(F)cc2)CC[C@H]1CC(=O)NC(C)C. The summed E-state index contributed by atoms with van der Waals surface area (Å²) in [5.41, 5.74) is 0.516. The standard InChI is InChI=1S/C19H27FN2O2/c1-4-14-12-22(19(24)15-5-7-17(20)8-6-15)10-9-16(14)11-18(23)21-13(2)3/h5-8,13-14,16H,4,9-12H2,1-3H3,(H,21,23)/t14-,16+/m1/s1. The van der Waals surface area contributed by atoms with Crippen LogP contribution in [0.4, 0.5) is 4.39 Å². The summed E-state index contributed by atoms with van der Waals surface area (Å²) in [7, 11) is 0. The summed E-state index contributed by atoms with van der Waals surface area (Å²) in [6.45, 7) is 7.32. The van der Waals surface area contributed by atoms with Gasteiger partial charge in [0.05, 0.1) is 0 Å². The van der Waals surface area contributed by atoms with E-state index in [9.17, 15) is 14.0 Å². The van der Waals surface area contributed by atoms with E-state index in [0.29, 0.717) is 36.9 Å². The Morgan fingerprint density at radius 2 is 1.92 bits per heavy atom. The highest BCUT2D eigenvalue weighted by Crippen LogP contribution is 2.29. The highest BCUT2D eigenvalue weighted by molar-refractivity contribution is 5.94. The Bertz CT molecular complexity index is 571. The minimum Gasteiger partial charge on any atom is -0.354 e. The fourth-order valence-corrected chi connectivity index (χ4v) is 3.39. The van der Waals surface area contributed by atoms with Crippen molar-refractivity contribution >= 4 is 11.8 Å². The number of halogens is 1. The van der Waals surface area contributed by atoms with Crippen LogP contribution < -0.4 is 5.32 Å². The molecule has 1 aromatic rings. The van der Waals surface area contributed by atoms with Crippen LogP contribution in [0.2, 0.25) is 0 Å². The van der Waals surface area contributed by atoms with E-state index in [1.165, 1.54) is 24.3 Å². The van der Waals surface area contributed by atoms with Gasteiger partial charge < -0.3 is 10.2 Å². The molecule has 1 aromatic carbocycles. The molecular weight excluding hydrogens is 307 g/mol. The van der Waals surface area contributed by atoms with Gasteiger partial charge in [-0.1, -0.05) is 13.3 Å². The average molecular weight is 334 g/mol. The first kappa shape index (κ1) is 18.4. The molecule has 0 aromatic heterocycles. The first-order chi connectivity index (χ1) is 11.4. The molecule has 24 heavy (non-hydrogen) atoms.